The fourth-order valence-electron chi connectivity index (χ4n) is 1.19. The molecule has 0 fully saturated rings. The number of halogens is 4. The largest absolute Gasteiger partial charge is 0.383 e. The molecule has 0 saturated carbocycles. The van der Waals surface area contributed by atoms with Crippen molar-refractivity contribution in [1.82, 2.24) is 0 Å². The lowest BCUT2D eigenvalue weighted by atomic mass is 10.2. The van der Waals surface area contributed by atoms with Crippen molar-refractivity contribution in [2.24, 2.45) is 0 Å². The van der Waals surface area contributed by atoms with Crippen molar-refractivity contribution in [2.45, 2.75) is 12.3 Å². The van der Waals surface area contributed by atoms with Crippen molar-refractivity contribution >= 4 is 27.3 Å². The molecule has 0 atom stereocenters. The number of sulfonamides is 1. The lowest BCUT2D eigenvalue weighted by Crippen LogP contribution is -2.41. The number of rotatable bonds is 5. The number of para-hydroxylation sites is 2. The van der Waals surface area contributed by atoms with E-state index in [0.29, 0.717) is 0 Å². The monoisotopic (exact) mass is 314 g/mol. The summed E-state index contributed by atoms with van der Waals surface area (Å²) in [4.78, 5) is 11.1. The van der Waals surface area contributed by atoms with Gasteiger partial charge in [0.25, 0.3) is 0 Å². The van der Waals surface area contributed by atoms with Gasteiger partial charge in [0.1, 0.15) is 0 Å². The molecule has 0 unspecified atom stereocenters. The lowest BCUT2D eigenvalue weighted by Gasteiger charge is -2.16. The zero-order valence-corrected chi connectivity index (χ0v) is 10.8. The number of nitrogens with one attached hydrogen (secondary N) is 2. The van der Waals surface area contributed by atoms with E-state index in [4.69, 9.17) is 0 Å². The Balaban J connectivity index is 3.02. The number of carbonyl (C=O) groups excluding carboxylic acids is 1. The highest BCUT2D eigenvalue weighted by Crippen LogP contribution is 2.27. The van der Waals surface area contributed by atoms with Gasteiger partial charge in [-0.1, -0.05) is 12.1 Å². The van der Waals surface area contributed by atoms with Crippen molar-refractivity contribution in [3.8, 4) is 0 Å². The molecule has 10 heteroatoms. The summed E-state index contributed by atoms with van der Waals surface area (Å²) in [6, 6.07) is 4.95. The van der Waals surface area contributed by atoms with E-state index in [1.54, 1.807) is 5.32 Å². The average Bonchev–Trinajstić information content (AvgIpc) is 2.29. The first kappa shape index (κ1) is 16.2. The Kier molecular flexibility index (Phi) is 4.58. The zero-order chi connectivity index (χ0) is 15.6. The van der Waals surface area contributed by atoms with Gasteiger partial charge >= 0.3 is 18.3 Å². The Morgan fingerprint density at radius 2 is 1.70 bits per heavy atom. The molecule has 0 radical (unpaired) electrons. The van der Waals surface area contributed by atoms with Crippen molar-refractivity contribution in [3.05, 3.63) is 24.3 Å². The summed E-state index contributed by atoms with van der Waals surface area (Å²) < 4.78 is 73.7. The molecular formula is C10H10F4N2O3S. The van der Waals surface area contributed by atoms with Crippen LogP contribution in [0.3, 0.4) is 0 Å². The Hall–Kier alpha value is -1.84. The molecule has 0 aliphatic carbocycles. The van der Waals surface area contributed by atoms with Gasteiger partial charge in [0.2, 0.25) is 10.0 Å². The first-order valence-electron chi connectivity index (χ1n) is 5.08. The van der Waals surface area contributed by atoms with Crippen LogP contribution in [-0.4, -0.2) is 32.9 Å². The zero-order valence-electron chi connectivity index (χ0n) is 10.0. The van der Waals surface area contributed by atoms with Gasteiger partial charge in [0, 0.05) is 0 Å². The van der Waals surface area contributed by atoms with Gasteiger partial charge in [-0.05, 0) is 12.1 Å². The van der Waals surface area contributed by atoms with Crippen LogP contribution in [0.25, 0.3) is 0 Å². The van der Waals surface area contributed by atoms with Gasteiger partial charge in [0.05, 0.1) is 17.6 Å². The van der Waals surface area contributed by atoms with E-state index < -0.39 is 28.3 Å². The standard InChI is InChI=1S/C10H10F4N2O3S/c1-20(18,19)16-7-5-3-2-4-6(7)15-9(17)10(13,14)8(11)12/h2-5,8,16H,1H3,(H,15,17). The van der Waals surface area contributed by atoms with Crippen LogP contribution in [-0.2, 0) is 14.8 Å². The summed E-state index contributed by atoms with van der Waals surface area (Å²) in [7, 11) is -3.72. The van der Waals surface area contributed by atoms with Crippen LogP contribution >= 0.6 is 0 Å². The van der Waals surface area contributed by atoms with E-state index >= 15 is 0 Å². The van der Waals surface area contributed by atoms with Crippen LogP contribution in [0.1, 0.15) is 0 Å². The number of hydrogen-bond acceptors (Lipinski definition) is 3. The van der Waals surface area contributed by atoms with Gasteiger partial charge in [-0.3, -0.25) is 9.52 Å². The van der Waals surface area contributed by atoms with Crippen LogP contribution in [0.2, 0.25) is 0 Å². The maximum absolute atomic E-state index is 12.8. The molecule has 0 aliphatic heterocycles. The Bertz CT molecular complexity index is 604. The molecule has 1 amide bonds. The first-order chi connectivity index (χ1) is 9.04. The van der Waals surface area contributed by atoms with Gasteiger partial charge in [0.15, 0.2) is 0 Å². The minimum Gasteiger partial charge on any atom is -0.319 e. The van der Waals surface area contributed by atoms with Crippen molar-refractivity contribution in [3.63, 3.8) is 0 Å². The molecule has 0 spiro atoms. The molecular weight excluding hydrogens is 304 g/mol. The summed E-state index contributed by atoms with van der Waals surface area (Å²) in [5.41, 5.74) is -0.573. The smallest absolute Gasteiger partial charge is 0.319 e. The maximum Gasteiger partial charge on any atom is 0.383 e. The number of carbonyl (C=O) groups is 1. The SMILES string of the molecule is CS(=O)(=O)Nc1ccccc1NC(=O)C(F)(F)C(F)F. The van der Waals surface area contributed by atoms with Gasteiger partial charge in [-0.2, -0.15) is 8.78 Å². The van der Waals surface area contributed by atoms with E-state index in [1.165, 1.54) is 18.2 Å². The van der Waals surface area contributed by atoms with Crippen LogP contribution < -0.4 is 10.0 Å². The molecule has 0 bridgehead atoms. The third-order valence-corrected chi connectivity index (χ3v) is 2.64. The highest BCUT2D eigenvalue weighted by atomic mass is 32.2. The number of benzene rings is 1. The van der Waals surface area contributed by atoms with Gasteiger partial charge in [-0.25, -0.2) is 17.2 Å². The molecule has 2 N–H and O–H groups in total. The minimum absolute atomic E-state index is 0.214. The number of anilines is 2. The molecule has 0 saturated heterocycles. The van der Waals surface area contributed by atoms with Crippen LogP contribution in [0.5, 0.6) is 0 Å². The summed E-state index contributed by atoms with van der Waals surface area (Å²) in [5.74, 6) is -7.10. The average molecular weight is 314 g/mol. The second kappa shape index (κ2) is 5.65. The van der Waals surface area contributed by atoms with Crippen molar-refractivity contribution in [2.75, 3.05) is 16.3 Å². The fourth-order valence-corrected chi connectivity index (χ4v) is 1.76. The molecule has 0 heterocycles. The molecule has 0 aliphatic rings. The summed E-state index contributed by atoms with van der Waals surface area (Å²) in [6.45, 7) is 0. The number of hydrogen-bond donors (Lipinski definition) is 2. The van der Waals surface area contributed by atoms with E-state index in [0.717, 1.165) is 12.3 Å². The summed E-state index contributed by atoms with van der Waals surface area (Å²) in [5, 5.41) is 1.56. The number of amides is 1. The molecule has 5 nitrogen and oxygen atoms in total. The predicted molar refractivity (Wildman–Crippen MR) is 64.5 cm³/mol. The second-order valence-electron chi connectivity index (χ2n) is 3.80. The molecule has 1 aromatic rings. The van der Waals surface area contributed by atoms with E-state index in [-0.39, 0.29) is 11.4 Å². The minimum atomic E-state index is -4.88. The Morgan fingerprint density at radius 1 is 1.20 bits per heavy atom. The first-order valence-corrected chi connectivity index (χ1v) is 6.97. The summed E-state index contributed by atoms with van der Waals surface area (Å²) >= 11 is 0. The number of alkyl halides is 4. The fraction of sp³-hybridized carbons (Fsp3) is 0.300. The quantitative estimate of drug-likeness (QED) is 0.815. The third kappa shape index (κ3) is 4.08. The summed E-state index contributed by atoms with van der Waals surface area (Å²) in [6.07, 6.45) is -3.36. The molecule has 20 heavy (non-hydrogen) atoms. The third-order valence-electron chi connectivity index (χ3n) is 2.05. The van der Waals surface area contributed by atoms with Crippen LogP contribution in [0.15, 0.2) is 24.3 Å². The van der Waals surface area contributed by atoms with Gasteiger partial charge in [-0.15, -0.1) is 0 Å². The second-order valence-corrected chi connectivity index (χ2v) is 5.55. The Labute approximate surface area is 112 Å². The van der Waals surface area contributed by atoms with Crippen LogP contribution in [0.4, 0.5) is 28.9 Å². The highest BCUT2D eigenvalue weighted by molar-refractivity contribution is 7.92. The maximum atomic E-state index is 12.8. The lowest BCUT2D eigenvalue weighted by molar-refractivity contribution is -0.163. The molecule has 1 rings (SSSR count). The van der Waals surface area contributed by atoms with E-state index in [2.05, 4.69) is 0 Å². The van der Waals surface area contributed by atoms with Crippen molar-refractivity contribution < 1.29 is 30.8 Å². The normalized spacial score (nSPS) is 12.3. The van der Waals surface area contributed by atoms with E-state index in [1.807, 2.05) is 4.72 Å². The highest BCUT2D eigenvalue weighted by Gasteiger charge is 2.49. The predicted octanol–water partition coefficient (Wildman–Crippen LogP) is 1.90. The molecule has 112 valence electrons. The van der Waals surface area contributed by atoms with Gasteiger partial charge < -0.3 is 5.32 Å². The van der Waals surface area contributed by atoms with Crippen LogP contribution in [0, 0.1) is 0 Å². The Morgan fingerprint density at radius 3 is 2.15 bits per heavy atom. The topological polar surface area (TPSA) is 75.3 Å². The van der Waals surface area contributed by atoms with E-state index in [9.17, 15) is 30.8 Å². The van der Waals surface area contributed by atoms with Crippen molar-refractivity contribution in [1.29, 1.82) is 0 Å². The molecule has 0 aromatic heterocycles. The molecule has 1 aromatic carbocycles.